The van der Waals surface area contributed by atoms with E-state index in [-0.39, 0.29) is 11.5 Å². The van der Waals surface area contributed by atoms with E-state index in [2.05, 4.69) is 21.9 Å². The Bertz CT molecular complexity index is 497. The number of hydrogen-bond acceptors (Lipinski definition) is 4. The fraction of sp³-hybridized carbons (Fsp3) is 0.538. The number of anilines is 1. The standard InChI is InChI=1S/C13H20N2O2S/c1-14(2)13-6-4-3-5-12(13)11-15-7-9-18(16,17)10-8-15/h3-6H,7-11H2,1-2H3. The minimum atomic E-state index is -2.79. The topological polar surface area (TPSA) is 40.6 Å². The Morgan fingerprint density at radius 3 is 2.39 bits per heavy atom. The van der Waals surface area contributed by atoms with Crippen LogP contribution in [0.3, 0.4) is 0 Å². The quantitative estimate of drug-likeness (QED) is 0.819. The molecule has 4 nitrogen and oxygen atoms in total. The van der Waals surface area contributed by atoms with E-state index in [4.69, 9.17) is 0 Å². The second-order valence-electron chi connectivity index (χ2n) is 4.95. The third kappa shape index (κ3) is 3.23. The van der Waals surface area contributed by atoms with Gasteiger partial charge in [-0.3, -0.25) is 4.90 Å². The van der Waals surface area contributed by atoms with Gasteiger partial charge in [-0.05, 0) is 11.6 Å². The Hall–Kier alpha value is -1.07. The molecule has 1 heterocycles. The molecule has 0 amide bonds. The van der Waals surface area contributed by atoms with Gasteiger partial charge in [0, 0.05) is 39.4 Å². The molecule has 2 rings (SSSR count). The highest BCUT2D eigenvalue weighted by molar-refractivity contribution is 7.91. The SMILES string of the molecule is CN(C)c1ccccc1CN1CCS(=O)(=O)CC1. The number of sulfone groups is 1. The second kappa shape index (κ2) is 5.28. The molecule has 0 atom stereocenters. The third-order valence-corrected chi connectivity index (χ3v) is 4.91. The van der Waals surface area contributed by atoms with Crippen molar-refractivity contribution in [2.24, 2.45) is 0 Å². The summed E-state index contributed by atoms with van der Waals surface area (Å²) in [6.07, 6.45) is 0. The van der Waals surface area contributed by atoms with Crippen LogP contribution in [0.1, 0.15) is 5.56 Å². The molecule has 18 heavy (non-hydrogen) atoms. The summed E-state index contributed by atoms with van der Waals surface area (Å²) < 4.78 is 22.8. The maximum atomic E-state index is 11.4. The van der Waals surface area contributed by atoms with Gasteiger partial charge in [-0.15, -0.1) is 0 Å². The van der Waals surface area contributed by atoms with E-state index in [1.54, 1.807) is 0 Å². The van der Waals surface area contributed by atoms with Crippen LogP contribution >= 0.6 is 0 Å². The first kappa shape index (κ1) is 13.4. The number of nitrogens with zero attached hydrogens (tertiary/aromatic N) is 2. The van der Waals surface area contributed by atoms with Crippen LogP contribution in [0, 0.1) is 0 Å². The van der Waals surface area contributed by atoms with Crippen molar-refractivity contribution in [1.82, 2.24) is 4.90 Å². The molecule has 0 bridgehead atoms. The van der Waals surface area contributed by atoms with Gasteiger partial charge in [0.1, 0.15) is 0 Å². The number of hydrogen-bond donors (Lipinski definition) is 0. The van der Waals surface area contributed by atoms with Crippen molar-refractivity contribution in [3.05, 3.63) is 29.8 Å². The van der Waals surface area contributed by atoms with Gasteiger partial charge in [-0.1, -0.05) is 18.2 Å². The van der Waals surface area contributed by atoms with Crippen molar-refractivity contribution in [3.63, 3.8) is 0 Å². The molecule has 0 N–H and O–H groups in total. The van der Waals surface area contributed by atoms with Crippen LogP contribution in [-0.2, 0) is 16.4 Å². The predicted octanol–water partition coefficient (Wildman–Crippen LogP) is 0.983. The lowest BCUT2D eigenvalue weighted by Gasteiger charge is -2.28. The fourth-order valence-corrected chi connectivity index (χ4v) is 3.51. The van der Waals surface area contributed by atoms with Crippen LogP contribution < -0.4 is 4.90 Å². The Kier molecular flexibility index (Phi) is 3.92. The molecule has 1 aliphatic heterocycles. The van der Waals surface area contributed by atoms with Gasteiger partial charge < -0.3 is 4.90 Å². The van der Waals surface area contributed by atoms with Gasteiger partial charge in [0.25, 0.3) is 0 Å². The van der Waals surface area contributed by atoms with Crippen molar-refractivity contribution >= 4 is 15.5 Å². The maximum Gasteiger partial charge on any atom is 0.152 e. The molecule has 0 radical (unpaired) electrons. The first-order valence-corrected chi connectivity index (χ1v) is 7.98. The summed E-state index contributed by atoms with van der Waals surface area (Å²) in [5, 5.41) is 0. The molecule has 0 aromatic heterocycles. The molecule has 1 fully saturated rings. The first-order valence-electron chi connectivity index (χ1n) is 6.16. The van der Waals surface area contributed by atoms with Crippen LogP contribution in [0.25, 0.3) is 0 Å². The van der Waals surface area contributed by atoms with Crippen molar-refractivity contribution in [1.29, 1.82) is 0 Å². The van der Waals surface area contributed by atoms with Crippen molar-refractivity contribution in [3.8, 4) is 0 Å². The van der Waals surface area contributed by atoms with Crippen LogP contribution in [-0.4, -0.2) is 52.0 Å². The zero-order valence-corrected chi connectivity index (χ0v) is 11.8. The highest BCUT2D eigenvalue weighted by Crippen LogP contribution is 2.20. The molecule has 0 aliphatic carbocycles. The smallest absolute Gasteiger partial charge is 0.152 e. The summed E-state index contributed by atoms with van der Waals surface area (Å²) in [6, 6.07) is 8.26. The number of rotatable bonds is 3. The van der Waals surface area contributed by atoms with E-state index >= 15 is 0 Å². The lowest BCUT2D eigenvalue weighted by Crippen LogP contribution is -2.39. The highest BCUT2D eigenvalue weighted by atomic mass is 32.2. The van der Waals surface area contributed by atoms with Crippen LogP contribution in [0.5, 0.6) is 0 Å². The Labute approximate surface area is 109 Å². The maximum absolute atomic E-state index is 11.4. The van der Waals surface area contributed by atoms with Gasteiger partial charge in [0.15, 0.2) is 9.84 Å². The molecule has 100 valence electrons. The molecule has 1 saturated heterocycles. The second-order valence-corrected chi connectivity index (χ2v) is 7.25. The molecular formula is C13H20N2O2S. The Balaban J connectivity index is 2.07. The van der Waals surface area contributed by atoms with Crippen molar-refractivity contribution in [2.45, 2.75) is 6.54 Å². The van der Waals surface area contributed by atoms with Crippen molar-refractivity contribution < 1.29 is 8.42 Å². The van der Waals surface area contributed by atoms with Crippen LogP contribution in [0.2, 0.25) is 0 Å². The van der Waals surface area contributed by atoms with E-state index in [0.717, 1.165) is 6.54 Å². The summed E-state index contributed by atoms with van der Waals surface area (Å²) in [4.78, 5) is 4.30. The highest BCUT2D eigenvalue weighted by Gasteiger charge is 2.22. The molecule has 0 unspecified atom stereocenters. The molecule has 1 aromatic rings. The molecule has 0 saturated carbocycles. The van der Waals surface area contributed by atoms with Crippen LogP contribution in [0.4, 0.5) is 5.69 Å². The zero-order chi connectivity index (χ0) is 13.2. The number of benzene rings is 1. The molecule has 0 spiro atoms. The lowest BCUT2D eigenvalue weighted by atomic mass is 10.1. The number of para-hydroxylation sites is 1. The van der Waals surface area contributed by atoms with Crippen LogP contribution in [0.15, 0.2) is 24.3 Å². The van der Waals surface area contributed by atoms with E-state index in [0.29, 0.717) is 13.1 Å². The average Bonchev–Trinajstić information content (AvgIpc) is 2.32. The van der Waals surface area contributed by atoms with Gasteiger partial charge in [-0.25, -0.2) is 8.42 Å². The Morgan fingerprint density at radius 1 is 1.17 bits per heavy atom. The fourth-order valence-electron chi connectivity index (χ4n) is 2.23. The average molecular weight is 268 g/mol. The monoisotopic (exact) mass is 268 g/mol. The summed E-state index contributed by atoms with van der Waals surface area (Å²) in [6.45, 7) is 2.11. The minimum absolute atomic E-state index is 0.289. The minimum Gasteiger partial charge on any atom is -0.377 e. The largest absolute Gasteiger partial charge is 0.377 e. The van der Waals surface area contributed by atoms with Gasteiger partial charge >= 0.3 is 0 Å². The summed E-state index contributed by atoms with van der Waals surface area (Å²) in [5.74, 6) is 0.578. The van der Waals surface area contributed by atoms with Crippen molar-refractivity contribution in [2.75, 3.05) is 43.6 Å². The zero-order valence-electron chi connectivity index (χ0n) is 11.0. The molecule has 5 heteroatoms. The van der Waals surface area contributed by atoms with Gasteiger partial charge in [-0.2, -0.15) is 0 Å². The van der Waals surface area contributed by atoms with E-state index in [9.17, 15) is 8.42 Å². The predicted molar refractivity (Wildman–Crippen MR) is 74.7 cm³/mol. The molecule has 1 aromatic carbocycles. The lowest BCUT2D eigenvalue weighted by molar-refractivity contribution is 0.288. The normalized spacial score (nSPS) is 19.7. The van der Waals surface area contributed by atoms with E-state index in [1.807, 2.05) is 26.2 Å². The summed E-state index contributed by atoms with van der Waals surface area (Å²) >= 11 is 0. The first-order chi connectivity index (χ1) is 8.48. The Morgan fingerprint density at radius 2 is 1.78 bits per heavy atom. The third-order valence-electron chi connectivity index (χ3n) is 3.30. The van der Waals surface area contributed by atoms with Gasteiger partial charge in [0.2, 0.25) is 0 Å². The van der Waals surface area contributed by atoms with E-state index in [1.165, 1.54) is 11.3 Å². The molecule has 1 aliphatic rings. The molecular weight excluding hydrogens is 248 g/mol. The van der Waals surface area contributed by atoms with E-state index < -0.39 is 9.84 Å². The summed E-state index contributed by atoms with van der Waals surface area (Å²) in [5.41, 5.74) is 2.45. The summed E-state index contributed by atoms with van der Waals surface area (Å²) in [7, 11) is 1.27. The van der Waals surface area contributed by atoms with Gasteiger partial charge in [0.05, 0.1) is 11.5 Å².